The van der Waals surface area contributed by atoms with Gasteiger partial charge < -0.3 is 16.2 Å². The Hall–Kier alpha value is -1.62. The van der Waals surface area contributed by atoms with E-state index in [0.29, 0.717) is 11.3 Å². The fourth-order valence-electron chi connectivity index (χ4n) is 1.11. The van der Waals surface area contributed by atoms with Gasteiger partial charge in [-0.2, -0.15) is 0 Å². The lowest BCUT2D eigenvalue weighted by molar-refractivity contribution is -0.138. The van der Waals surface area contributed by atoms with Crippen LogP contribution in [0, 0.1) is 12.7 Å². The number of carboxylic acid groups (broad SMARTS) is 1. The summed E-state index contributed by atoms with van der Waals surface area (Å²) < 4.78 is 13.1. The number of hydrogen-bond donors (Lipinski definition) is 3. The van der Waals surface area contributed by atoms with Gasteiger partial charge in [0, 0.05) is 17.8 Å². The van der Waals surface area contributed by atoms with E-state index >= 15 is 0 Å². The molecule has 0 aliphatic heterocycles. The Bertz CT molecular complexity index is 368. The first-order valence-corrected chi connectivity index (χ1v) is 4.49. The van der Waals surface area contributed by atoms with E-state index < -0.39 is 12.0 Å². The maximum absolute atomic E-state index is 13.1. The Kier molecular flexibility index (Phi) is 3.62. The van der Waals surface area contributed by atoms with Crippen molar-refractivity contribution in [3.05, 3.63) is 29.6 Å². The fourth-order valence-corrected chi connectivity index (χ4v) is 1.11. The van der Waals surface area contributed by atoms with E-state index in [9.17, 15) is 9.18 Å². The van der Waals surface area contributed by atoms with Gasteiger partial charge in [-0.25, -0.2) is 4.39 Å². The van der Waals surface area contributed by atoms with Crippen molar-refractivity contribution >= 4 is 11.7 Å². The van der Waals surface area contributed by atoms with E-state index in [4.69, 9.17) is 10.8 Å². The minimum absolute atomic E-state index is 0.0691. The van der Waals surface area contributed by atoms with Crippen molar-refractivity contribution in [3.63, 3.8) is 0 Å². The van der Waals surface area contributed by atoms with Crippen molar-refractivity contribution in [1.29, 1.82) is 0 Å². The summed E-state index contributed by atoms with van der Waals surface area (Å²) in [5, 5.41) is 11.3. The van der Waals surface area contributed by atoms with Crippen LogP contribution in [0.5, 0.6) is 0 Å². The maximum Gasteiger partial charge on any atom is 0.322 e. The molecule has 1 aromatic carbocycles. The maximum atomic E-state index is 13.1. The van der Waals surface area contributed by atoms with E-state index in [2.05, 4.69) is 5.32 Å². The molecule has 5 heteroatoms. The molecule has 15 heavy (non-hydrogen) atoms. The Balaban J connectivity index is 2.66. The van der Waals surface area contributed by atoms with Crippen molar-refractivity contribution in [3.8, 4) is 0 Å². The summed E-state index contributed by atoms with van der Waals surface area (Å²) in [4.78, 5) is 10.4. The molecule has 0 aromatic heterocycles. The molecule has 0 aliphatic rings. The summed E-state index contributed by atoms with van der Waals surface area (Å²) in [6.45, 7) is 1.68. The first-order valence-electron chi connectivity index (χ1n) is 4.49. The van der Waals surface area contributed by atoms with Crippen LogP contribution < -0.4 is 11.1 Å². The van der Waals surface area contributed by atoms with Crippen molar-refractivity contribution in [2.45, 2.75) is 13.0 Å². The van der Waals surface area contributed by atoms with Gasteiger partial charge in [0.2, 0.25) is 0 Å². The van der Waals surface area contributed by atoms with E-state index in [1.165, 1.54) is 6.07 Å². The molecule has 1 aromatic rings. The molecule has 0 aliphatic carbocycles. The van der Waals surface area contributed by atoms with E-state index in [1.807, 2.05) is 0 Å². The summed E-state index contributed by atoms with van der Waals surface area (Å²) >= 11 is 0. The third kappa shape index (κ3) is 2.92. The van der Waals surface area contributed by atoms with Crippen LogP contribution in [0.4, 0.5) is 10.1 Å². The molecule has 1 atom stereocenters. The van der Waals surface area contributed by atoms with E-state index in [1.54, 1.807) is 19.1 Å². The molecule has 0 heterocycles. The molecular formula is C10H13FN2O2. The first kappa shape index (κ1) is 11.5. The molecule has 0 radical (unpaired) electrons. The van der Waals surface area contributed by atoms with E-state index in [-0.39, 0.29) is 12.4 Å². The van der Waals surface area contributed by atoms with Gasteiger partial charge in [-0.1, -0.05) is 6.07 Å². The number of benzene rings is 1. The highest BCUT2D eigenvalue weighted by Crippen LogP contribution is 2.16. The van der Waals surface area contributed by atoms with Gasteiger partial charge in [0.25, 0.3) is 0 Å². The number of nitrogens with two attached hydrogens (primary N) is 1. The Labute approximate surface area is 86.9 Å². The number of rotatable bonds is 4. The summed E-state index contributed by atoms with van der Waals surface area (Å²) in [5.74, 6) is -1.42. The Morgan fingerprint density at radius 1 is 1.67 bits per heavy atom. The van der Waals surface area contributed by atoms with Crippen molar-refractivity contribution in [1.82, 2.24) is 0 Å². The average Bonchev–Trinajstić information content (AvgIpc) is 2.19. The van der Waals surface area contributed by atoms with Crippen LogP contribution in [0.15, 0.2) is 18.2 Å². The zero-order valence-corrected chi connectivity index (χ0v) is 8.33. The number of carboxylic acids is 1. The number of carbonyl (C=O) groups is 1. The second-order valence-electron chi connectivity index (χ2n) is 3.24. The summed E-state index contributed by atoms with van der Waals surface area (Å²) in [7, 11) is 0. The number of hydrogen-bond acceptors (Lipinski definition) is 3. The Morgan fingerprint density at radius 2 is 2.33 bits per heavy atom. The van der Waals surface area contributed by atoms with Crippen LogP contribution in [0.25, 0.3) is 0 Å². The van der Waals surface area contributed by atoms with Crippen LogP contribution >= 0.6 is 0 Å². The normalized spacial score (nSPS) is 12.2. The molecular weight excluding hydrogens is 199 g/mol. The second kappa shape index (κ2) is 4.75. The highest BCUT2D eigenvalue weighted by atomic mass is 19.1. The first-order chi connectivity index (χ1) is 7.02. The minimum atomic E-state index is -1.09. The van der Waals surface area contributed by atoms with Crippen LogP contribution in [0.1, 0.15) is 5.56 Å². The number of halogens is 1. The smallest absolute Gasteiger partial charge is 0.322 e. The number of aliphatic carboxylic acids is 1. The molecule has 1 rings (SSSR count). The quantitative estimate of drug-likeness (QED) is 0.694. The zero-order valence-electron chi connectivity index (χ0n) is 8.33. The van der Waals surface area contributed by atoms with Crippen LogP contribution in [0.2, 0.25) is 0 Å². The summed E-state index contributed by atoms with van der Waals surface area (Å²) in [6.07, 6.45) is 0. The average molecular weight is 212 g/mol. The minimum Gasteiger partial charge on any atom is -0.480 e. The highest BCUT2D eigenvalue weighted by Gasteiger charge is 2.11. The molecule has 4 nitrogen and oxygen atoms in total. The predicted octanol–water partition coefficient (Wildman–Crippen LogP) is 0.958. The van der Waals surface area contributed by atoms with Crippen molar-refractivity contribution < 1.29 is 14.3 Å². The molecule has 0 amide bonds. The van der Waals surface area contributed by atoms with Crippen molar-refractivity contribution in [2.24, 2.45) is 5.73 Å². The number of nitrogens with one attached hydrogen (secondary N) is 1. The van der Waals surface area contributed by atoms with E-state index in [0.717, 1.165) is 0 Å². The van der Waals surface area contributed by atoms with Gasteiger partial charge in [-0.3, -0.25) is 4.79 Å². The molecule has 0 fully saturated rings. The van der Waals surface area contributed by atoms with Gasteiger partial charge in [0.1, 0.15) is 11.9 Å². The molecule has 0 saturated carbocycles. The summed E-state index contributed by atoms with van der Waals surface area (Å²) in [5.41, 5.74) is 6.31. The monoisotopic (exact) mass is 212 g/mol. The highest BCUT2D eigenvalue weighted by molar-refractivity contribution is 5.74. The summed E-state index contributed by atoms with van der Waals surface area (Å²) in [6, 6.07) is 3.58. The van der Waals surface area contributed by atoms with Crippen LogP contribution in [0.3, 0.4) is 0 Å². The fraction of sp³-hybridized carbons (Fsp3) is 0.300. The van der Waals surface area contributed by atoms with Gasteiger partial charge in [-0.05, 0) is 19.1 Å². The molecule has 0 spiro atoms. The topological polar surface area (TPSA) is 75.3 Å². The largest absolute Gasteiger partial charge is 0.480 e. The molecule has 82 valence electrons. The lowest BCUT2D eigenvalue weighted by atomic mass is 10.2. The molecule has 0 bridgehead atoms. The third-order valence-corrected chi connectivity index (χ3v) is 2.10. The van der Waals surface area contributed by atoms with Crippen LogP contribution in [-0.4, -0.2) is 23.7 Å². The van der Waals surface area contributed by atoms with Gasteiger partial charge in [0.05, 0.1) is 0 Å². The lowest BCUT2D eigenvalue weighted by Crippen LogP contribution is -2.37. The standard InChI is InChI=1S/C10H13FN2O2/c1-6-7(11)3-2-4-9(6)13-5-8(12)10(14)15/h2-4,8,13H,5,12H2,1H3,(H,14,15). The van der Waals surface area contributed by atoms with Gasteiger partial charge in [-0.15, -0.1) is 0 Å². The SMILES string of the molecule is Cc1c(F)cccc1NCC(N)C(=O)O. The lowest BCUT2D eigenvalue weighted by Gasteiger charge is -2.12. The zero-order chi connectivity index (χ0) is 11.4. The molecule has 0 saturated heterocycles. The van der Waals surface area contributed by atoms with Crippen molar-refractivity contribution in [2.75, 3.05) is 11.9 Å². The van der Waals surface area contributed by atoms with Gasteiger partial charge in [0.15, 0.2) is 0 Å². The van der Waals surface area contributed by atoms with Crippen LogP contribution in [-0.2, 0) is 4.79 Å². The predicted molar refractivity (Wildman–Crippen MR) is 55.2 cm³/mol. The third-order valence-electron chi connectivity index (χ3n) is 2.10. The molecule has 4 N–H and O–H groups in total. The number of anilines is 1. The van der Waals surface area contributed by atoms with Gasteiger partial charge >= 0.3 is 5.97 Å². The Morgan fingerprint density at radius 3 is 2.93 bits per heavy atom. The second-order valence-corrected chi connectivity index (χ2v) is 3.24. The molecule has 1 unspecified atom stereocenters.